The normalized spacial score (nSPS) is 16.4. The zero-order valence-corrected chi connectivity index (χ0v) is 15.5. The minimum absolute atomic E-state index is 0.1000. The number of carbonyl (C=O) groups is 1. The van der Waals surface area contributed by atoms with E-state index in [1.165, 1.54) is 18.4 Å². The summed E-state index contributed by atoms with van der Waals surface area (Å²) < 4.78 is 36.3. The van der Waals surface area contributed by atoms with Crippen molar-refractivity contribution in [1.82, 2.24) is 5.32 Å². The van der Waals surface area contributed by atoms with Gasteiger partial charge in [-0.1, -0.05) is 37.1 Å². The molecule has 0 aromatic heterocycles. The summed E-state index contributed by atoms with van der Waals surface area (Å²) in [6.07, 6.45) is 4.75. The van der Waals surface area contributed by atoms with Crippen LogP contribution < -0.4 is 5.32 Å². The zero-order valence-electron chi connectivity index (χ0n) is 14.7. The Morgan fingerprint density at radius 2 is 1.77 bits per heavy atom. The van der Waals surface area contributed by atoms with Gasteiger partial charge in [-0.3, -0.25) is 4.79 Å². The number of hydrogen-bond donors (Lipinski definition) is 1. The highest BCUT2D eigenvalue weighted by Crippen LogP contribution is 2.39. The van der Waals surface area contributed by atoms with Gasteiger partial charge in [0.1, 0.15) is 5.82 Å². The number of benzene rings is 2. The van der Waals surface area contributed by atoms with E-state index in [0.29, 0.717) is 11.1 Å². The molecule has 138 valence electrons. The van der Waals surface area contributed by atoms with Crippen molar-refractivity contribution in [2.24, 2.45) is 0 Å². The maximum atomic E-state index is 13.3. The number of halogens is 1. The van der Waals surface area contributed by atoms with E-state index in [4.69, 9.17) is 0 Å². The molecule has 0 heterocycles. The number of rotatable bonds is 5. The number of nitrogens with one attached hydrogen (secondary N) is 1. The highest BCUT2D eigenvalue weighted by atomic mass is 32.2. The van der Waals surface area contributed by atoms with Gasteiger partial charge in [0.15, 0.2) is 9.84 Å². The standard InChI is InChI=1S/C20H22FNO3S/c1-26(24,25)14-15-5-4-6-16(13-15)19(23)22-20(11-2-3-12-20)17-7-9-18(21)10-8-17/h4-10,13H,2-3,11-12,14H2,1H3,(H,22,23). The molecule has 6 heteroatoms. The van der Waals surface area contributed by atoms with E-state index >= 15 is 0 Å². The molecule has 2 aromatic rings. The van der Waals surface area contributed by atoms with E-state index in [9.17, 15) is 17.6 Å². The monoisotopic (exact) mass is 375 g/mol. The van der Waals surface area contributed by atoms with Crippen molar-refractivity contribution >= 4 is 15.7 Å². The van der Waals surface area contributed by atoms with E-state index in [2.05, 4.69) is 5.32 Å². The van der Waals surface area contributed by atoms with Gasteiger partial charge in [-0.2, -0.15) is 0 Å². The molecule has 0 spiro atoms. The van der Waals surface area contributed by atoms with Crippen LogP contribution in [-0.4, -0.2) is 20.6 Å². The molecule has 1 aliphatic carbocycles. The van der Waals surface area contributed by atoms with Crippen LogP contribution in [0.25, 0.3) is 0 Å². The summed E-state index contributed by atoms with van der Waals surface area (Å²) >= 11 is 0. The van der Waals surface area contributed by atoms with Gasteiger partial charge in [0.05, 0.1) is 11.3 Å². The average Bonchev–Trinajstić information content (AvgIpc) is 3.03. The molecule has 0 radical (unpaired) electrons. The van der Waals surface area contributed by atoms with Crippen molar-refractivity contribution in [3.05, 3.63) is 71.0 Å². The minimum atomic E-state index is -3.17. The van der Waals surface area contributed by atoms with Gasteiger partial charge >= 0.3 is 0 Å². The fraction of sp³-hybridized carbons (Fsp3) is 0.350. The van der Waals surface area contributed by atoms with Gasteiger partial charge < -0.3 is 5.32 Å². The molecule has 0 atom stereocenters. The van der Waals surface area contributed by atoms with Crippen LogP contribution >= 0.6 is 0 Å². The Morgan fingerprint density at radius 1 is 1.12 bits per heavy atom. The van der Waals surface area contributed by atoms with Crippen LogP contribution in [0.5, 0.6) is 0 Å². The SMILES string of the molecule is CS(=O)(=O)Cc1cccc(C(=O)NC2(c3ccc(F)cc3)CCCC2)c1. The second-order valence-electron chi connectivity index (χ2n) is 7.02. The van der Waals surface area contributed by atoms with E-state index in [-0.39, 0.29) is 17.5 Å². The maximum Gasteiger partial charge on any atom is 0.251 e. The zero-order chi connectivity index (χ0) is 18.8. The molecule has 3 rings (SSSR count). The van der Waals surface area contributed by atoms with Gasteiger partial charge in [0, 0.05) is 11.8 Å². The molecule has 4 nitrogen and oxygen atoms in total. The lowest BCUT2D eigenvalue weighted by Crippen LogP contribution is -2.43. The maximum absolute atomic E-state index is 13.3. The lowest BCUT2D eigenvalue weighted by atomic mass is 9.87. The van der Waals surface area contributed by atoms with Crippen molar-refractivity contribution in [2.45, 2.75) is 37.0 Å². The molecule has 1 fully saturated rings. The summed E-state index contributed by atoms with van der Waals surface area (Å²) in [6.45, 7) is 0. The fourth-order valence-corrected chi connectivity index (χ4v) is 4.41. The van der Waals surface area contributed by atoms with Crippen molar-refractivity contribution in [3.63, 3.8) is 0 Å². The van der Waals surface area contributed by atoms with Crippen molar-refractivity contribution in [2.75, 3.05) is 6.26 Å². The second kappa shape index (κ2) is 7.19. The minimum Gasteiger partial charge on any atom is -0.343 e. The first kappa shape index (κ1) is 18.6. The van der Waals surface area contributed by atoms with Crippen LogP contribution in [-0.2, 0) is 21.1 Å². The lowest BCUT2D eigenvalue weighted by Gasteiger charge is -2.31. The fourth-order valence-electron chi connectivity index (χ4n) is 3.63. The first-order valence-electron chi connectivity index (χ1n) is 8.63. The third-order valence-corrected chi connectivity index (χ3v) is 5.68. The molecular formula is C20H22FNO3S. The highest BCUT2D eigenvalue weighted by molar-refractivity contribution is 7.89. The predicted octanol–water partition coefficient (Wildman–Crippen LogP) is 3.57. The number of carbonyl (C=O) groups excluding carboxylic acids is 1. The first-order chi connectivity index (χ1) is 12.3. The van der Waals surface area contributed by atoms with Gasteiger partial charge in [0.25, 0.3) is 5.91 Å². The van der Waals surface area contributed by atoms with E-state index in [0.717, 1.165) is 31.2 Å². The summed E-state index contributed by atoms with van der Waals surface area (Å²) in [4.78, 5) is 12.8. The average molecular weight is 375 g/mol. The molecule has 1 aliphatic rings. The van der Waals surface area contributed by atoms with Crippen molar-refractivity contribution in [1.29, 1.82) is 0 Å². The molecule has 1 N–H and O–H groups in total. The highest BCUT2D eigenvalue weighted by Gasteiger charge is 2.37. The Labute approximate surface area is 153 Å². The van der Waals surface area contributed by atoms with Crippen LogP contribution in [0.3, 0.4) is 0 Å². The van der Waals surface area contributed by atoms with E-state index in [1.807, 2.05) is 0 Å². The van der Waals surface area contributed by atoms with Crippen molar-refractivity contribution in [3.8, 4) is 0 Å². The van der Waals surface area contributed by atoms with E-state index in [1.54, 1.807) is 36.4 Å². The van der Waals surface area contributed by atoms with Crippen molar-refractivity contribution < 1.29 is 17.6 Å². The van der Waals surface area contributed by atoms with Gasteiger partial charge in [-0.15, -0.1) is 0 Å². The third kappa shape index (κ3) is 4.30. The Bertz CT molecular complexity index is 901. The first-order valence-corrected chi connectivity index (χ1v) is 10.7. The van der Waals surface area contributed by atoms with Crippen LogP contribution in [0.4, 0.5) is 4.39 Å². The van der Waals surface area contributed by atoms with Crippen LogP contribution in [0.15, 0.2) is 48.5 Å². The number of sulfone groups is 1. The molecule has 0 saturated heterocycles. The van der Waals surface area contributed by atoms with Crippen LogP contribution in [0.2, 0.25) is 0 Å². The summed E-state index contributed by atoms with van der Waals surface area (Å²) in [7, 11) is -3.17. The largest absolute Gasteiger partial charge is 0.343 e. The topological polar surface area (TPSA) is 63.2 Å². The third-order valence-electron chi connectivity index (χ3n) is 4.82. The molecule has 1 saturated carbocycles. The molecular weight excluding hydrogens is 353 g/mol. The van der Waals surface area contributed by atoms with Crippen LogP contribution in [0.1, 0.15) is 47.2 Å². The summed E-state index contributed by atoms with van der Waals surface area (Å²) in [6, 6.07) is 12.9. The molecule has 1 amide bonds. The molecule has 0 unspecified atom stereocenters. The summed E-state index contributed by atoms with van der Waals surface area (Å²) in [5.74, 6) is -0.648. The quantitative estimate of drug-likeness (QED) is 0.869. The Hall–Kier alpha value is -2.21. The second-order valence-corrected chi connectivity index (χ2v) is 9.16. The molecule has 26 heavy (non-hydrogen) atoms. The molecule has 2 aromatic carbocycles. The molecule has 0 aliphatic heterocycles. The smallest absolute Gasteiger partial charge is 0.251 e. The predicted molar refractivity (Wildman–Crippen MR) is 99.0 cm³/mol. The van der Waals surface area contributed by atoms with Crippen LogP contribution in [0, 0.1) is 5.82 Å². The Morgan fingerprint density at radius 3 is 2.38 bits per heavy atom. The van der Waals surface area contributed by atoms with E-state index < -0.39 is 15.4 Å². The molecule has 0 bridgehead atoms. The number of hydrogen-bond acceptors (Lipinski definition) is 3. The lowest BCUT2D eigenvalue weighted by molar-refractivity contribution is 0.0898. The van der Waals surface area contributed by atoms with Gasteiger partial charge in [-0.05, 0) is 48.2 Å². The summed E-state index contributed by atoms with van der Waals surface area (Å²) in [5, 5.41) is 3.12. The van der Waals surface area contributed by atoms with Gasteiger partial charge in [-0.25, -0.2) is 12.8 Å². The Kier molecular flexibility index (Phi) is 5.14. The number of amides is 1. The Balaban J connectivity index is 1.85. The summed E-state index contributed by atoms with van der Waals surface area (Å²) in [5.41, 5.74) is 1.41. The van der Waals surface area contributed by atoms with Gasteiger partial charge in [0.2, 0.25) is 0 Å².